The maximum Gasteiger partial charge on any atom is 0.0867 e. The minimum absolute atomic E-state index is 0.907. The van der Waals surface area contributed by atoms with E-state index in [0.717, 1.165) is 6.54 Å². The first-order valence-electron chi connectivity index (χ1n) is 31.0. The van der Waals surface area contributed by atoms with Gasteiger partial charge < -0.3 is 0 Å². The Morgan fingerprint density at radius 1 is 0.311 bits per heavy atom. The van der Waals surface area contributed by atoms with Gasteiger partial charge in [0.05, 0.1) is 24.2 Å². The molecule has 1 nitrogen and oxygen atoms in total. The van der Waals surface area contributed by atoms with Crippen molar-refractivity contribution in [3.63, 3.8) is 0 Å². The molecule has 74 heavy (non-hydrogen) atoms. The summed E-state index contributed by atoms with van der Waals surface area (Å²) in [6.07, 6.45) is 23.9. The maximum atomic E-state index is 3.07. The van der Waals surface area contributed by atoms with Crippen LogP contribution in [0.25, 0.3) is 0 Å². The summed E-state index contributed by atoms with van der Waals surface area (Å²) in [6, 6.07) is 66.1. The van der Waals surface area contributed by atoms with Crippen LogP contribution in [0.5, 0.6) is 0 Å². The smallest absolute Gasteiger partial charge is 0.0867 e. The molecule has 5 rings (SSSR count). The topological polar surface area (TPSA) is 3.24 Å². The third-order valence-corrected chi connectivity index (χ3v) is 39.3. The van der Waals surface area contributed by atoms with Crippen molar-refractivity contribution in [1.82, 2.24) is 4.44 Å². The lowest BCUT2D eigenvalue weighted by atomic mass is 10.2. The highest BCUT2D eigenvalue weighted by Gasteiger charge is 2.39. The van der Waals surface area contributed by atoms with Crippen LogP contribution in [-0.2, 0) is 6.54 Å². The van der Waals surface area contributed by atoms with Gasteiger partial charge in [0.15, 0.2) is 0 Å². The van der Waals surface area contributed by atoms with Crippen molar-refractivity contribution in [2.45, 2.75) is 246 Å². The highest BCUT2D eigenvalue weighted by atomic mass is 31.2. The molecule has 0 spiro atoms. The van der Waals surface area contributed by atoms with Crippen LogP contribution in [0.15, 0.2) is 127 Å². The van der Waals surface area contributed by atoms with Crippen molar-refractivity contribution in [1.29, 1.82) is 0 Å². The van der Waals surface area contributed by atoms with E-state index in [0.29, 0.717) is 0 Å². The van der Waals surface area contributed by atoms with E-state index in [1.165, 1.54) is 202 Å². The molecule has 5 aromatic carbocycles. The van der Waals surface area contributed by atoms with Crippen LogP contribution in [0.3, 0.4) is 0 Å². The van der Waals surface area contributed by atoms with E-state index in [-0.39, 0.29) is 0 Å². The van der Waals surface area contributed by atoms with E-state index >= 15 is 0 Å². The number of hydrogen-bond acceptors (Lipinski definition) is 1. The summed E-state index contributed by atoms with van der Waals surface area (Å²) in [5.74, 6) is 0. The molecule has 1 atom stereocenters. The Kier molecular flexibility index (Phi) is 28.5. The van der Waals surface area contributed by atoms with E-state index in [2.05, 4.69) is 201 Å². The molecular formula is C68H107NP2Si3. The predicted molar refractivity (Wildman–Crippen MR) is 348 cm³/mol. The molecule has 0 bridgehead atoms. The lowest BCUT2D eigenvalue weighted by molar-refractivity contribution is 0.717. The fourth-order valence-corrected chi connectivity index (χ4v) is 35.4. The van der Waals surface area contributed by atoms with E-state index in [1.54, 1.807) is 15.6 Å². The van der Waals surface area contributed by atoms with Gasteiger partial charge in [0.25, 0.3) is 0 Å². The number of aryl methyl sites for hydroxylation is 1. The lowest BCUT2D eigenvalue weighted by Crippen LogP contribution is -2.48. The standard InChI is InChI=1S/C68H107NP2Si3/c1-11-20-50-72(51-21-12-2,52-22-13-3)65-44-38-62(39-45-65)70(63-40-46-66(47-41-63)73(53-23-14-4,54-24-15-5)55-25-16-6)69(59-61-35-30-29-31-36-61)71(68-37-33-32-34-60(68)10)64-42-48-67(49-43-64)74(56-26-17-7,57-27-18-8)58-28-19-9/h29-49H,11-28,50-59H2,1-10H3. The SMILES string of the molecule is CCCC[Si](CCCC)(CCCC)c1ccc(P(c2ccc([Si](CCCC)(CCCC)CCCC)cc2)N(Cc2ccccc2)P(c2ccc([Si](CCCC)(CCCC)CCCC)cc2)c2ccccc2C)cc1. The summed E-state index contributed by atoms with van der Waals surface area (Å²) < 4.78 is 3.07. The average Bonchev–Trinajstić information content (AvgIpc) is 3.44. The summed E-state index contributed by atoms with van der Waals surface area (Å²) in [6.45, 7) is 25.0. The van der Waals surface area contributed by atoms with E-state index in [4.69, 9.17) is 0 Å². The lowest BCUT2D eigenvalue weighted by Gasteiger charge is -2.41. The van der Waals surface area contributed by atoms with Gasteiger partial charge in [-0.3, -0.25) is 0 Å². The highest BCUT2D eigenvalue weighted by molar-refractivity contribution is 7.84. The third kappa shape index (κ3) is 17.3. The molecule has 406 valence electrons. The molecule has 0 saturated carbocycles. The van der Waals surface area contributed by atoms with Gasteiger partial charge in [-0.05, 0) is 39.3 Å². The Labute approximate surface area is 463 Å². The van der Waals surface area contributed by atoms with Crippen LogP contribution in [0.1, 0.15) is 189 Å². The van der Waals surface area contributed by atoms with Crippen molar-refractivity contribution in [3.05, 3.63) is 139 Å². The van der Waals surface area contributed by atoms with E-state index in [1.807, 2.05) is 0 Å². The van der Waals surface area contributed by atoms with Gasteiger partial charge in [0.2, 0.25) is 0 Å². The summed E-state index contributed by atoms with van der Waals surface area (Å²) in [5, 5.41) is 11.2. The fraction of sp³-hybridized carbons (Fsp3) is 0.559. The van der Waals surface area contributed by atoms with Gasteiger partial charge >= 0.3 is 0 Å². The zero-order valence-electron chi connectivity index (χ0n) is 49.3. The van der Waals surface area contributed by atoms with Gasteiger partial charge in [-0.15, -0.1) is 0 Å². The van der Waals surface area contributed by atoms with Gasteiger partial charge in [-0.1, -0.05) is 375 Å². The van der Waals surface area contributed by atoms with Crippen molar-refractivity contribution in [3.8, 4) is 0 Å². The van der Waals surface area contributed by atoms with Crippen molar-refractivity contribution < 1.29 is 0 Å². The Morgan fingerprint density at radius 3 is 0.865 bits per heavy atom. The van der Waals surface area contributed by atoms with Gasteiger partial charge in [0, 0.05) is 22.7 Å². The summed E-state index contributed by atoms with van der Waals surface area (Å²) in [7, 11) is -6.98. The largest absolute Gasteiger partial charge is 0.240 e. The van der Waals surface area contributed by atoms with E-state index < -0.39 is 40.4 Å². The van der Waals surface area contributed by atoms with Gasteiger partial charge in [-0.2, -0.15) is 0 Å². The second-order valence-electron chi connectivity index (χ2n) is 22.8. The second kappa shape index (κ2) is 33.8. The first-order valence-corrected chi connectivity index (χ1v) is 41.4. The number of hydrogen-bond donors (Lipinski definition) is 0. The summed E-state index contributed by atoms with van der Waals surface area (Å²) in [5.41, 5.74) is 2.82. The fourth-order valence-electron chi connectivity index (χ4n) is 12.5. The number of unbranched alkanes of at least 4 members (excludes halogenated alkanes) is 9. The molecule has 0 fully saturated rings. The molecule has 0 aromatic heterocycles. The third-order valence-electron chi connectivity index (χ3n) is 17.2. The van der Waals surface area contributed by atoms with Gasteiger partial charge in [0.1, 0.15) is 0 Å². The Bertz CT molecular complexity index is 2100. The molecule has 0 N–H and O–H groups in total. The Balaban J connectivity index is 1.83. The first kappa shape index (κ1) is 62.4. The molecule has 0 aliphatic carbocycles. The zero-order valence-corrected chi connectivity index (χ0v) is 54.1. The predicted octanol–water partition coefficient (Wildman–Crippen LogP) is 19.1. The number of nitrogens with zero attached hydrogens (tertiary/aromatic N) is 1. The molecule has 1 unspecified atom stereocenters. The quantitative estimate of drug-likeness (QED) is 0.0281. The van der Waals surface area contributed by atoms with Crippen molar-refractivity contribution in [2.75, 3.05) is 0 Å². The molecular weight excluding hydrogens is 977 g/mol. The van der Waals surface area contributed by atoms with Crippen molar-refractivity contribution in [2.24, 2.45) is 0 Å². The number of benzene rings is 5. The molecule has 0 aliphatic rings. The molecule has 0 saturated heterocycles. The van der Waals surface area contributed by atoms with Crippen LogP contribution in [0.2, 0.25) is 54.4 Å². The van der Waals surface area contributed by atoms with Crippen LogP contribution in [0.4, 0.5) is 0 Å². The average molecular weight is 1080 g/mol. The zero-order chi connectivity index (χ0) is 53.1. The van der Waals surface area contributed by atoms with Crippen LogP contribution < -0.4 is 36.8 Å². The van der Waals surface area contributed by atoms with Crippen LogP contribution in [-0.4, -0.2) is 28.7 Å². The van der Waals surface area contributed by atoms with E-state index in [9.17, 15) is 0 Å². The Hall–Kier alpha value is -2.43. The highest BCUT2D eigenvalue weighted by Crippen LogP contribution is 2.56. The molecule has 5 aromatic rings. The first-order chi connectivity index (χ1) is 36.2. The second-order valence-corrected chi connectivity index (χ2v) is 41.3. The molecule has 0 radical (unpaired) electrons. The normalized spacial score (nSPS) is 12.8. The molecule has 0 aliphatic heterocycles. The van der Waals surface area contributed by atoms with Gasteiger partial charge in [-0.25, -0.2) is 4.44 Å². The Morgan fingerprint density at radius 2 is 0.581 bits per heavy atom. The molecule has 0 heterocycles. The van der Waals surface area contributed by atoms with Crippen LogP contribution in [0, 0.1) is 6.92 Å². The summed E-state index contributed by atoms with van der Waals surface area (Å²) in [4.78, 5) is 0. The molecule has 0 amide bonds. The minimum atomic E-state index is -1.70. The van der Waals surface area contributed by atoms with Crippen LogP contribution >= 0.6 is 16.1 Å². The minimum Gasteiger partial charge on any atom is -0.240 e. The molecule has 6 heteroatoms. The van der Waals surface area contributed by atoms with Crippen molar-refractivity contribution >= 4 is 77.1 Å². The number of rotatable bonds is 38. The maximum absolute atomic E-state index is 3.07. The monoisotopic (exact) mass is 1080 g/mol. The summed E-state index contributed by atoms with van der Waals surface area (Å²) >= 11 is 0.